The van der Waals surface area contributed by atoms with Crippen LogP contribution in [0.2, 0.25) is 0 Å². The highest BCUT2D eigenvalue weighted by Gasteiger charge is 2.24. The minimum Gasteiger partial charge on any atom is -0.393 e. The van der Waals surface area contributed by atoms with Crippen LogP contribution in [-0.4, -0.2) is 29.3 Å². The molecule has 0 radical (unpaired) electrons. The van der Waals surface area contributed by atoms with Crippen LogP contribution in [0.15, 0.2) is 30.5 Å². The molecule has 1 aliphatic rings. The van der Waals surface area contributed by atoms with Crippen LogP contribution >= 0.6 is 0 Å². The summed E-state index contributed by atoms with van der Waals surface area (Å²) in [6, 6.07) is 8.45. The number of aliphatic hydroxyl groups is 1. The average molecular weight is 270 g/mol. The number of nitrogens with zero attached hydrogens (tertiary/aromatic N) is 2. The molecular formula is C17H22N2O. The van der Waals surface area contributed by atoms with E-state index in [1.54, 1.807) is 0 Å². The van der Waals surface area contributed by atoms with E-state index in [2.05, 4.69) is 41.1 Å². The highest BCUT2D eigenvalue weighted by Crippen LogP contribution is 2.31. The van der Waals surface area contributed by atoms with Gasteiger partial charge in [-0.3, -0.25) is 4.98 Å². The van der Waals surface area contributed by atoms with E-state index in [9.17, 15) is 5.11 Å². The Balaban J connectivity index is 2.00. The van der Waals surface area contributed by atoms with Crippen molar-refractivity contribution in [2.45, 2.75) is 32.8 Å². The molecule has 2 aromatic rings. The van der Waals surface area contributed by atoms with E-state index in [0.29, 0.717) is 5.92 Å². The van der Waals surface area contributed by atoms with Gasteiger partial charge in [0.15, 0.2) is 0 Å². The molecule has 1 N–H and O–H groups in total. The number of anilines is 1. The molecule has 3 heteroatoms. The van der Waals surface area contributed by atoms with Gasteiger partial charge in [0, 0.05) is 36.3 Å². The maximum absolute atomic E-state index is 9.86. The van der Waals surface area contributed by atoms with Crippen molar-refractivity contribution in [3.05, 3.63) is 36.0 Å². The van der Waals surface area contributed by atoms with Gasteiger partial charge in [0.1, 0.15) is 0 Å². The van der Waals surface area contributed by atoms with Gasteiger partial charge in [0.05, 0.1) is 11.6 Å². The number of rotatable bonds is 2. The number of aryl methyl sites for hydroxylation is 1. The third-order valence-electron chi connectivity index (χ3n) is 4.43. The normalized spacial score (nSPS) is 21.1. The van der Waals surface area contributed by atoms with Crippen LogP contribution in [0, 0.1) is 12.8 Å². The lowest BCUT2D eigenvalue weighted by Gasteiger charge is -2.36. The molecular weight excluding hydrogens is 248 g/mol. The van der Waals surface area contributed by atoms with Crippen molar-refractivity contribution in [3.8, 4) is 0 Å². The van der Waals surface area contributed by atoms with Crippen LogP contribution in [0.25, 0.3) is 10.9 Å². The van der Waals surface area contributed by atoms with Gasteiger partial charge in [-0.1, -0.05) is 18.2 Å². The summed E-state index contributed by atoms with van der Waals surface area (Å²) >= 11 is 0. The number of piperidine rings is 1. The summed E-state index contributed by atoms with van der Waals surface area (Å²) in [5.41, 5.74) is 3.56. The van der Waals surface area contributed by atoms with Gasteiger partial charge in [-0.05, 0) is 38.3 Å². The summed E-state index contributed by atoms with van der Waals surface area (Å²) in [7, 11) is 0. The predicted molar refractivity (Wildman–Crippen MR) is 83.1 cm³/mol. The molecule has 3 nitrogen and oxygen atoms in total. The van der Waals surface area contributed by atoms with Crippen LogP contribution in [-0.2, 0) is 0 Å². The van der Waals surface area contributed by atoms with Crippen LogP contribution in [0.3, 0.4) is 0 Å². The lowest BCUT2D eigenvalue weighted by molar-refractivity contribution is 0.115. The van der Waals surface area contributed by atoms with E-state index >= 15 is 0 Å². The highest BCUT2D eigenvalue weighted by atomic mass is 16.3. The minimum absolute atomic E-state index is 0.229. The summed E-state index contributed by atoms with van der Waals surface area (Å²) in [5, 5.41) is 11.1. The molecule has 1 aromatic heterocycles. The van der Waals surface area contributed by atoms with Crippen molar-refractivity contribution in [3.63, 3.8) is 0 Å². The first-order valence-corrected chi connectivity index (χ1v) is 7.44. The van der Waals surface area contributed by atoms with E-state index in [4.69, 9.17) is 0 Å². The fourth-order valence-electron chi connectivity index (χ4n) is 3.21. The lowest BCUT2D eigenvalue weighted by Crippen LogP contribution is -2.39. The second-order valence-electron chi connectivity index (χ2n) is 5.89. The first kappa shape index (κ1) is 13.4. The second kappa shape index (κ2) is 5.41. The Bertz CT molecular complexity index is 609. The summed E-state index contributed by atoms with van der Waals surface area (Å²) in [6.07, 6.45) is 3.94. The van der Waals surface area contributed by atoms with Gasteiger partial charge in [0.2, 0.25) is 0 Å². The third kappa shape index (κ3) is 2.38. The van der Waals surface area contributed by atoms with E-state index in [0.717, 1.165) is 31.4 Å². The molecule has 1 fully saturated rings. The molecule has 2 atom stereocenters. The van der Waals surface area contributed by atoms with E-state index in [-0.39, 0.29) is 6.10 Å². The van der Waals surface area contributed by atoms with Crippen molar-refractivity contribution in [2.24, 2.45) is 5.92 Å². The monoisotopic (exact) mass is 270 g/mol. The van der Waals surface area contributed by atoms with Gasteiger partial charge >= 0.3 is 0 Å². The van der Waals surface area contributed by atoms with Crippen molar-refractivity contribution < 1.29 is 5.11 Å². The largest absolute Gasteiger partial charge is 0.393 e. The number of fused-ring (bicyclic) bond motifs is 1. The summed E-state index contributed by atoms with van der Waals surface area (Å²) in [6.45, 7) is 6.01. The number of hydrogen-bond acceptors (Lipinski definition) is 3. The number of pyridine rings is 1. The van der Waals surface area contributed by atoms with Gasteiger partial charge in [-0.15, -0.1) is 0 Å². The van der Waals surface area contributed by atoms with Crippen molar-refractivity contribution >= 4 is 16.6 Å². The molecule has 0 amide bonds. The van der Waals surface area contributed by atoms with Crippen LogP contribution in [0.5, 0.6) is 0 Å². The molecule has 1 saturated heterocycles. The fraction of sp³-hybridized carbons (Fsp3) is 0.471. The van der Waals surface area contributed by atoms with Gasteiger partial charge in [-0.2, -0.15) is 0 Å². The first-order chi connectivity index (χ1) is 9.66. The summed E-state index contributed by atoms with van der Waals surface area (Å²) < 4.78 is 0. The Hall–Kier alpha value is -1.61. The zero-order valence-electron chi connectivity index (χ0n) is 12.2. The highest BCUT2D eigenvalue weighted by molar-refractivity contribution is 5.93. The predicted octanol–water partition coefficient (Wildman–Crippen LogP) is 3.14. The minimum atomic E-state index is -0.229. The molecule has 106 valence electrons. The maximum atomic E-state index is 9.86. The third-order valence-corrected chi connectivity index (χ3v) is 4.43. The van der Waals surface area contributed by atoms with Crippen LogP contribution in [0.4, 0.5) is 5.69 Å². The van der Waals surface area contributed by atoms with E-state index < -0.39 is 0 Å². The summed E-state index contributed by atoms with van der Waals surface area (Å²) in [5.74, 6) is 0.372. The summed E-state index contributed by atoms with van der Waals surface area (Å²) in [4.78, 5) is 6.92. The van der Waals surface area contributed by atoms with Crippen molar-refractivity contribution in [2.75, 3.05) is 18.0 Å². The Labute approximate surface area is 120 Å². The number of aromatic nitrogens is 1. The zero-order valence-corrected chi connectivity index (χ0v) is 12.2. The maximum Gasteiger partial charge on any atom is 0.0751 e. The molecule has 3 rings (SSSR count). The smallest absolute Gasteiger partial charge is 0.0751 e. The van der Waals surface area contributed by atoms with Crippen LogP contribution < -0.4 is 4.90 Å². The first-order valence-electron chi connectivity index (χ1n) is 7.44. The topological polar surface area (TPSA) is 36.4 Å². The van der Waals surface area contributed by atoms with Crippen LogP contribution in [0.1, 0.15) is 25.3 Å². The lowest BCUT2D eigenvalue weighted by atomic mass is 9.93. The zero-order chi connectivity index (χ0) is 14.1. The van der Waals surface area contributed by atoms with Crippen molar-refractivity contribution in [1.29, 1.82) is 0 Å². The average Bonchev–Trinajstić information content (AvgIpc) is 2.47. The SMILES string of the molecule is Cc1cccc2c(N3CCCC(C(C)O)C3)ccnc12. The molecule has 0 aliphatic carbocycles. The quantitative estimate of drug-likeness (QED) is 0.910. The Morgan fingerprint density at radius 1 is 1.35 bits per heavy atom. The molecule has 0 spiro atoms. The Morgan fingerprint density at radius 2 is 2.20 bits per heavy atom. The molecule has 2 unspecified atom stereocenters. The van der Waals surface area contributed by atoms with Gasteiger partial charge < -0.3 is 10.0 Å². The number of benzene rings is 1. The van der Waals surface area contributed by atoms with Crippen molar-refractivity contribution in [1.82, 2.24) is 4.98 Å². The number of aliphatic hydroxyl groups excluding tert-OH is 1. The van der Waals surface area contributed by atoms with E-state index in [1.807, 2.05) is 13.1 Å². The number of hydrogen-bond donors (Lipinski definition) is 1. The molecule has 1 aliphatic heterocycles. The number of para-hydroxylation sites is 1. The van der Waals surface area contributed by atoms with E-state index in [1.165, 1.54) is 16.6 Å². The molecule has 0 saturated carbocycles. The second-order valence-corrected chi connectivity index (χ2v) is 5.89. The molecule has 20 heavy (non-hydrogen) atoms. The Morgan fingerprint density at radius 3 is 3.00 bits per heavy atom. The van der Waals surface area contributed by atoms with Gasteiger partial charge in [0.25, 0.3) is 0 Å². The molecule has 1 aromatic carbocycles. The van der Waals surface area contributed by atoms with Gasteiger partial charge in [-0.25, -0.2) is 0 Å². The fourth-order valence-corrected chi connectivity index (χ4v) is 3.21. The standard InChI is InChI=1S/C17H22N2O/c1-12-5-3-7-15-16(8-9-18-17(12)15)19-10-4-6-14(11-19)13(2)20/h3,5,7-9,13-14,20H,4,6,10-11H2,1-2H3. The molecule has 2 heterocycles. The molecule has 0 bridgehead atoms. The Kier molecular flexibility index (Phi) is 3.62.